The van der Waals surface area contributed by atoms with Crippen molar-refractivity contribution in [3.05, 3.63) is 46.6 Å². The standard InChI is InChI=1S/C22H29N3O5/c1-4-30-21(27)20-16(13-29-9-7-23)24-15-10-22(2,3)11-17(26)19(15)18(20)14-6-5-8-25(28)12-14/h5-6,8,12,18-19H,4,7,9-11,13,23H2,1-3H3. The Balaban J connectivity index is 2.18. The van der Waals surface area contributed by atoms with Crippen molar-refractivity contribution in [3.63, 3.8) is 0 Å². The van der Waals surface area contributed by atoms with Gasteiger partial charge in [-0.3, -0.25) is 9.79 Å². The number of fused-ring (bicyclic) bond motifs is 1. The largest absolute Gasteiger partial charge is 0.619 e. The molecule has 0 spiro atoms. The van der Waals surface area contributed by atoms with E-state index >= 15 is 0 Å². The second-order valence-electron chi connectivity index (χ2n) is 8.46. The molecular formula is C22H29N3O5. The molecule has 1 aliphatic carbocycles. The molecule has 2 aliphatic rings. The molecule has 2 atom stereocenters. The maximum Gasteiger partial charge on any atom is 0.336 e. The van der Waals surface area contributed by atoms with Gasteiger partial charge in [-0.15, -0.1) is 0 Å². The van der Waals surface area contributed by atoms with E-state index in [2.05, 4.69) is 0 Å². The quantitative estimate of drug-likeness (QED) is 0.313. The predicted molar refractivity (Wildman–Crippen MR) is 111 cm³/mol. The van der Waals surface area contributed by atoms with Crippen LogP contribution in [0.3, 0.4) is 0 Å². The van der Waals surface area contributed by atoms with E-state index < -0.39 is 17.8 Å². The lowest BCUT2D eigenvalue weighted by molar-refractivity contribution is -0.605. The van der Waals surface area contributed by atoms with E-state index in [-0.39, 0.29) is 30.0 Å². The Labute approximate surface area is 176 Å². The third-order valence-electron chi connectivity index (χ3n) is 5.41. The number of aliphatic imine (C=N–C) groups is 1. The van der Waals surface area contributed by atoms with Crippen LogP contribution in [0.4, 0.5) is 0 Å². The normalized spacial score (nSPS) is 23.1. The Morgan fingerprint density at radius 2 is 2.13 bits per heavy atom. The molecule has 2 N–H and O–H groups in total. The molecule has 30 heavy (non-hydrogen) atoms. The number of rotatable bonds is 7. The summed E-state index contributed by atoms with van der Waals surface area (Å²) in [7, 11) is 0. The van der Waals surface area contributed by atoms with E-state index in [0.29, 0.717) is 42.0 Å². The molecule has 2 unspecified atom stereocenters. The van der Waals surface area contributed by atoms with E-state index in [4.69, 9.17) is 20.2 Å². The van der Waals surface area contributed by atoms with Crippen LogP contribution in [0.2, 0.25) is 0 Å². The number of nitrogens with two attached hydrogens (primary N) is 1. The average molecular weight is 415 g/mol. The molecule has 2 heterocycles. The summed E-state index contributed by atoms with van der Waals surface area (Å²) < 4.78 is 11.6. The molecule has 0 saturated heterocycles. The molecule has 1 aromatic heterocycles. The summed E-state index contributed by atoms with van der Waals surface area (Å²) in [6, 6.07) is 3.37. The molecule has 1 aromatic rings. The molecule has 0 aromatic carbocycles. The van der Waals surface area contributed by atoms with Crippen LogP contribution in [-0.2, 0) is 19.1 Å². The van der Waals surface area contributed by atoms with Crippen molar-refractivity contribution in [1.29, 1.82) is 0 Å². The highest BCUT2D eigenvalue weighted by Crippen LogP contribution is 2.46. The van der Waals surface area contributed by atoms with Gasteiger partial charge < -0.3 is 20.4 Å². The summed E-state index contributed by atoms with van der Waals surface area (Å²) in [6.45, 7) is 6.70. The fourth-order valence-corrected chi connectivity index (χ4v) is 4.33. The number of hydrogen-bond donors (Lipinski definition) is 1. The zero-order valence-corrected chi connectivity index (χ0v) is 17.7. The van der Waals surface area contributed by atoms with Gasteiger partial charge in [0.15, 0.2) is 12.4 Å². The van der Waals surface area contributed by atoms with Gasteiger partial charge in [-0.1, -0.05) is 13.8 Å². The third-order valence-corrected chi connectivity index (χ3v) is 5.41. The first kappa shape index (κ1) is 22.1. The van der Waals surface area contributed by atoms with Gasteiger partial charge in [0.2, 0.25) is 0 Å². The maximum atomic E-state index is 13.2. The SMILES string of the molecule is CCOC(=O)C1=C(COCCN)N=C2CC(C)(C)CC(=O)C2C1c1ccc[n+]([O-])c1. The third kappa shape index (κ3) is 4.60. The molecule has 8 nitrogen and oxygen atoms in total. The molecule has 0 bridgehead atoms. The molecule has 3 rings (SSSR count). The highest BCUT2D eigenvalue weighted by molar-refractivity contribution is 6.12. The zero-order valence-electron chi connectivity index (χ0n) is 17.7. The summed E-state index contributed by atoms with van der Waals surface area (Å²) >= 11 is 0. The number of hydrogen-bond acceptors (Lipinski definition) is 7. The lowest BCUT2D eigenvalue weighted by Crippen LogP contribution is -2.45. The van der Waals surface area contributed by atoms with Crippen LogP contribution < -0.4 is 10.5 Å². The smallest absolute Gasteiger partial charge is 0.336 e. The molecule has 8 heteroatoms. The number of pyridine rings is 1. The van der Waals surface area contributed by atoms with Gasteiger partial charge in [0.25, 0.3) is 0 Å². The number of carbonyl (C=O) groups is 2. The number of esters is 1. The van der Waals surface area contributed by atoms with Gasteiger partial charge in [-0.05, 0) is 24.8 Å². The summed E-state index contributed by atoms with van der Waals surface area (Å²) in [5, 5.41) is 12.0. The summed E-state index contributed by atoms with van der Waals surface area (Å²) in [5.41, 5.74) is 7.32. The summed E-state index contributed by atoms with van der Waals surface area (Å²) in [4.78, 5) is 30.9. The number of carbonyl (C=O) groups excluding carboxylic acids is 2. The zero-order chi connectivity index (χ0) is 21.9. The highest BCUT2D eigenvalue weighted by atomic mass is 16.5. The Bertz CT molecular complexity index is 891. The Kier molecular flexibility index (Phi) is 6.67. The van der Waals surface area contributed by atoms with E-state index in [0.717, 1.165) is 5.71 Å². The monoisotopic (exact) mass is 415 g/mol. The van der Waals surface area contributed by atoms with Crippen molar-refractivity contribution >= 4 is 17.5 Å². The van der Waals surface area contributed by atoms with Crippen LogP contribution in [-0.4, -0.2) is 43.8 Å². The minimum Gasteiger partial charge on any atom is -0.619 e. The molecule has 1 aliphatic heterocycles. The topological polar surface area (TPSA) is 118 Å². The minimum absolute atomic E-state index is 0.0139. The van der Waals surface area contributed by atoms with Crippen molar-refractivity contribution in [2.45, 2.75) is 39.5 Å². The molecule has 162 valence electrons. The van der Waals surface area contributed by atoms with Crippen LogP contribution in [0.1, 0.15) is 45.1 Å². The lowest BCUT2D eigenvalue weighted by Gasteiger charge is -2.41. The maximum absolute atomic E-state index is 13.2. The number of ketones is 1. The van der Waals surface area contributed by atoms with Crippen molar-refractivity contribution < 1.29 is 23.8 Å². The van der Waals surface area contributed by atoms with Gasteiger partial charge in [0.1, 0.15) is 5.78 Å². The van der Waals surface area contributed by atoms with Gasteiger partial charge >= 0.3 is 5.97 Å². The fourth-order valence-electron chi connectivity index (χ4n) is 4.33. The Hall–Kier alpha value is -2.58. The first-order valence-electron chi connectivity index (χ1n) is 10.2. The van der Waals surface area contributed by atoms with Gasteiger partial charge in [0, 0.05) is 36.2 Å². The molecule has 1 saturated carbocycles. The molecule has 0 amide bonds. The second-order valence-corrected chi connectivity index (χ2v) is 8.46. The number of nitrogens with zero attached hydrogens (tertiary/aromatic N) is 2. The van der Waals surface area contributed by atoms with Crippen LogP contribution in [0.15, 0.2) is 40.8 Å². The van der Waals surface area contributed by atoms with Crippen molar-refractivity contribution in [2.75, 3.05) is 26.4 Å². The number of ether oxygens (including phenoxy) is 2. The minimum atomic E-state index is -0.641. The van der Waals surface area contributed by atoms with Gasteiger partial charge in [-0.2, -0.15) is 4.73 Å². The van der Waals surface area contributed by atoms with Gasteiger partial charge in [0.05, 0.1) is 37.0 Å². The summed E-state index contributed by atoms with van der Waals surface area (Å²) in [6.07, 6.45) is 3.78. The first-order chi connectivity index (χ1) is 14.3. The first-order valence-corrected chi connectivity index (χ1v) is 10.2. The molecule has 0 radical (unpaired) electrons. The highest BCUT2D eigenvalue weighted by Gasteiger charge is 2.48. The van der Waals surface area contributed by atoms with Crippen LogP contribution in [0.25, 0.3) is 0 Å². The van der Waals surface area contributed by atoms with Crippen molar-refractivity contribution in [1.82, 2.24) is 0 Å². The van der Waals surface area contributed by atoms with Crippen LogP contribution in [0, 0.1) is 16.5 Å². The van der Waals surface area contributed by atoms with Crippen LogP contribution in [0.5, 0.6) is 0 Å². The predicted octanol–water partition coefficient (Wildman–Crippen LogP) is 1.66. The molecule has 1 fully saturated rings. The van der Waals surface area contributed by atoms with E-state index in [9.17, 15) is 14.8 Å². The number of Topliss-reactive ketones (excluding diaryl/α,β-unsaturated/α-hetero) is 1. The lowest BCUT2D eigenvalue weighted by atomic mass is 9.63. The summed E-state index contributed by atoms with van der Waals surface area (Å²) in [5.74, 6) is -1.77. The van der Waals surface area contributed by atoms with E-state index in [1.54, 1.807) is 19.1 Å². The number of aromatic nitrogens is 1. The van der Waals surface area contributed by atoms with Crippen molar-refractivity contribution in [3.8, 4) is 0 Å². The Morgan fingerprint density at radius 3 is 2.80 bits per heavy atom. The van der Waals surface area contributed by atoms with Crippen LogP contribution >= 0.6 is 0 Å². The van der Waals surface area contributed by atoms with E-state index in [1.807, 2.05) is 13.8 Å². The second kappa shape index (κ2) is 9.06. The molecular weight excluding hydrogens is 386 g/mol. The van der Waals surface area contributed by atoms with Gasteiger partial charge in [-0.25, -0.2) is 4.79 Å². The van der Waals surface area contributed by atoms with Crippen molar-refractivity contribution in [2.24, 2.45) is 22.1 Å². The fraction of sp³-hybridized carbons (Fsp3) is 0.545. The average Bonchev–Trinajstić information content (AvgIpc) is 2.66. The Morgan fingerprint density at radius 1 is 1.37 bits per heavy atom. The van der Waals surface area contributed by atoms with E-state index in [1.165, 1.54) is 12.4 Å².